The van der Waals surface area contributed by atoms with Gasteiger partial charge in [0.25, 0.3) is 0 Å². The molecule has 0 saturated carbocycles. The number of nitrogens with zero attached hydrogens (tertiary/aromatic N) is 3. The minimum atomic E-state index is 0.545. The quantitative estimate of drug-likeness (QED) is 0.423. The van der Waals surface area contributed by atoms with Crippen molar-refractivity contribution in [3.8, 4) is 0 Å². The Morgan fingerprint density at radius 2 is 2.57 bits per heavy atom. The van der Waals surface area contributed by atoms with E-state index >= 15 is 0 Å². The van der Waals surface area contributed by atoms with Crippen molar-refractivity contribution < 1.29 is 0 Å². The van der Waals surface area contributed by atoms with Gasteiger partial charge in [0.2, 0.25) is 5.16 Å². The molecule has 0 fully saturated rings. The summed E-state index contributed by atoms with van der Waals surface area (Å²) in [6, 6.07) is 0. The molecule has 4 nitrogen and oxygen atoms in total. The summed E-state index contributed by atoms with van der Waals surface area (Å²) < 4.78 is 0. The molecule has 0 aromatic carbocycles. The maximum atomic E-state index is 3.81. The highest BCUT2D eigenvalue weighted by molar-refractivity contribution is 8.68. The molecule has 0 amide bonds. The lowest BCUT2D eigenvalue weighted by Gasteiger charge is -1.71. The normalized spacial score (nSPS) is 9.29. The molecule has 0 radical (unpaired) electrons. The van der Waals surface area contributed by atoms with Crippen molar-refractivity contribution >= 4 is 22.5 Å². The topological polar surface area (TPSA) is 54.5 Å². The van der Waals surface area contributed by atoms with Gasteiger partial charge >= 0.3 is 0 Å². The van der Waals surface area contributed by atoms with Crippen molar-refractivity contribution in [3.05, 3.63) is 0 Å². The van der Waals surface area contributed by atoms with Gasteiger partial charge in [-0.2, -0.15) is 5.21 Å². The van der Waals surface area contributed by atoms with Crippen LogP contribution in [0.15, 0.2) is 5.16 Å². The number of aromatic nitrogens is 4. The third kappa shape index (κ3) is 1.07. The van der Waals surface area contributed by atoms with E-state index in [9.17, 15) is 0 Å². The number of rotatable bonds is 1. The lowest BCUT2D eigenvalue weighted by molar-refractivity contribution is 0.881. The van der Waals surface area contributed by atoms with Crippen LogP contribution in [-0.4, -0.2) is 20.6 Å². The fourth-order valence-electron chi connectivity index (χ4n) is 0.191. The fraction of sp³-hybridized carbons (Fsp3) is 0. The third-order valence-electron chi connectivity index (χ3n) is 0.408. The predicted octanol–water partition coefficient (Wildman–Crippen LogP) is 0.137. The van der Waals surface area contributed by atoms with E-state index in [0.29, 0.717) is 5.16 Å². The molecule has 1 rings (SSSR count). The van der Waals surface area contributed by atoms with Gasteiger partial charge in [0.15, 0.2) is 0 Å². The summed E-state index contributed by atoms with van der Waals surface area (Å²) in [5, 5.41) is 13.3. The Kier molecular flexibility index (Phi) is 1.53. The summed E-state index contributed by atoms with van der Waals surface area (Å²) in [4.78, 5) is 0. The second kappa shape index (κ2) is 2.17. The molecular weight excluding hydrogens is 132 g/mol. The van der Waals surface area contributed by atoms with Crippen LogP contribution in [0.3, 0.4) is 0 Å². The molecule has 1 heterocycles. The molecule has 6 heteroatoms. The number of tetrazole rings is 1. The van der Waals surface area contributed by atoms with Crippen molar-refractivity contribution in [3.63, 3.8) is 0 Å². The highest BCUT2D eigenvalue weighted by atomic mass is 33.1. The zero-order chi connectivity index (χ0) is 5.11. The Morgan fingerprint density at radius 3 is 2.86 bits per heavy atom. The van der Waals surface area contributed by atoms with Crippen molar-refractivity contribution in [2.24, 2.45) is 0 Å². The van der Waals surface area contributed by atoms with E-state index < -0.39 is 0 Å². The molecule has 0 unspecified atom stereocenters. The van der Waals surface area contributed by atoms with Gasteiger partial charge in [0.1, 0.15) is 0 Å². The van der Waals surface area contributed by atoms with Crippen LogP contribution in [0.4, 0.5) is 0 Å². The van der Waals surface area contributed by atoms with E-state index in [0.717, 1.165) is 10.8 Å². The van der Waals surface area contributed by atoms with Crippen LogP contribution in [0, 0.1) is 0 Å². The Hall–Kier alpha value is -0.230. The number of hydrogen-bond acceptors (Lipinski definition) is 5. The average Bonchev–Trinajstić information content (AvgIpc) is 2.14. The van der Waals surface area contributed by atoms with Crippen LogP contribution in [-0.2, 0) is 0 Å². The van der Waals surface area contributed by atoms with Crippen LogP contribution in [0.5, 0.6) is 0 Å². The molecule has 7 heavy (non-hydrogen) atoms. The first-order valence-electron chi connectivity index (χ1n) is 1.48. The number of H-pyrrole nitrogens is 1. The Bertz CT molecular complexity index is 124. The first kappa shape index (κ1) is 4.92. The zero-order valence-corrected chi connectivity index (χ0v) is 4.91. The van der Waals surface area contributed by atoms with Gasteiger partial charge in [-0.3, -0.25) is 0 Å². The second-order valence-corrected chi connectivity index (χ2v) is 1.88. The third-order valence-corrected chi connectivity index (χ3v) is 1.23. The highest BCUT2D eigenvalue weighted by Gasteiger charge is 1.89. The highest BCUT2D eigenvalue weighted by Crippen LogP contribution is 2.12. The molecule has 0 spiro atoms. The Labute approximate surface area is 48.9 Å². The average molecular weight is 134 g/mol. The van der Waals surface area contributed by atoms with Crippen molar-refractivity contribution in [1.29, 1.82) is 0 Å². The van der Waals surface area contributed by atoms with Gasteiger partial charge in [-0.1, -0.05) is 0 Å². The first-order valence-corrected chi connectivity index (χ1v) is 3.35. The Morgan fingerprint density at radius 1 is 1.71 bits per heavy atom. The summed E-state index contributed by atoms with van der Waals surface area (Å²) in [6.07, 6.45) is 0. The molecule has 0 bridgehead atoms. The van der Waals surface area contributed by atoms with Crippen LogP contribution in [0.1, 0.15) is 0 Å². The monoisotopic (exact) mass is 134 g/mol. The smallest absolute Gasteiger partial charge is 0.176 e. The predicted molar refractivity (Wildman–Crippen MR) is 29.0 cm³/mol. The molecule has 0 aliphatic heterocycles. The SMILES string of the molecule is SSc1nn[nH]n1. The minimum absolute atomic E-state index is 0.545. The van der Waals surface area contributed by atoms with Gasteiger partial charge in [-0.15, -0.1) is 21.9 Å². The molecule has 1 N–H and O–H groups in total. The van der Waals surface area contributed by atoms with E-state index in [2.05, 4.69) is 32.3 Å². The van der Waals surface area contributed by atoms with Crippen LogP contribution in [0.25, 0.3) is 0 Å². The van der Waals surface area contributed by atoms with Gasteiger partial charge in [0, 0.05) is 0 Å². The molecule has 1 aromatic heterocycles. The largest absolute Gasteiger partial charge is 0.241 e. The summed E-state index contributed by atoms with van der Waals surface area (Å²) in [5.41, 5.74) is 0. The van der Waals surface area contributed by atoms with Crippen LogP contribution < -0.4 is 0 Å². The molecule has 0 atom stereocenters. The standard InChI is InChI=1S/CH2N4S2/c6-7-1-2-4-5-3-1/h6H,(H,2,3,4,5). The molecule has 0 aliphatic rings. The molecule has 0 aliphatic carbocycles. The van der Waals surface area contributed by atoms with E-state index in [1.165, 1.54) is 0 Å². The van der Waals surface area contributed by atoms with Gasteiger partial charge < -0.3 is 0 Å². The van der Waals surface area contributed by atoms with E-state index in [1.54, 1.807) is 0 Å². The van der Waals surface area contributed by atoms with E-state index in [1.807, 2.05) is 0 Å². The molecular formula is CH2N4S2. The zero-order valence-electron chi connectivity index (χ0n) is 3.20. The molecule has 1 aromatic rings. The fourth-order valence-corrected chi connectivity index (χ4v) is 0.582. The number of aromatic amines is 1. The van der Waals surface area contributed by atoms with Crippen LogP contribution >= 0.6 is 22.5 Å². The summed E-state index contributed by atoms with van der Waals surface area (Å²) in [7, 11) is 1.15. The second-order valence-electron chi connectivity index (χ2n) is 0.786. The lowest BCUT2D eigenvalue weighted by atomic mass is 11.4. The summed E-state index contributed by atoms with van der Waals surface area (Å²) >= 11 is 3.81. The Balaban J connectivity index is 2.76. The van der Waals surface area contributed by atoms with Crippen LogP contribution in [0.2, 0.25) is 0 Å². The van der Waals surface area contributed by atoms with Gasteiger partial charge in [-0.05, 0) is 16.0 Å². The number of hydrogen-bond donors (Lipinski definition) is 2. The van der Waals surface area contributed by atoms with Crippen molar-refractivity contribution in [2.75, 3.05) is 0 Å². The lowest BCUT2D eigenvalue weighted by Crippen LogP contribution is -1.65. The molecule has 38 valence electrons. The summed E-state index contributed by atoms with van der Waals surface area (Å²) in [6.45, 7) is 0. The minimum Gasteiger partial charge on any atom is -0.176 e. The summed E-state index contributed by atoms with van der Waals surface area (Å²) in [5.74, 6) is 0. The molecule has 0 saturated heterocycles. The number of nitrogens with one attached hydrogen (secondary N) is 1. The van der Waals surface area contributed by atoms with Gasteiger partial charge in [-0.25, -0.2) is 0 Å². The maximum Gasteiger partial charge on any atom is 0.241 e. The van der Waals surface area contributed by atoms with E-state index in [4.69, 9.17) is 0 Å². The maximum absolute atomic E-state index is 3.81. The van der Waals surface area contributed by atoms with Crippen molar-refractivity contribution in [2.45, 2.75) is 5.16 Å². The van der Waals surface area contributed by atoms with E-state index in [-0.39, 0.29) is 0 Å². The number of thiol groups is 1. The first-order chi connectivity index (χ1) is 3.43. The van der Waals surface area contributed by atoms with Gasteiger partial charge in [0.05, 0.1) is 0 Å². The van der Waals surface area contributed by atoms with Crippen molar-refractivity contribution in [1.82, 2.24) is 20.6 Å².